The monoisotopic (exact) mass is 436 g/mol. The maximum Gasteiger partial charge on any atom is 0.247 e. The minimum Gasteiger partial charge on any atom is -0.487 e. The van der Waals surface area contributed by atoms with Crippen molar-refractivity contribution in [1.29, 1.82) is 0 Å². The minimum absolute atomic E-state index is 0.0474. The third-order valence-electron chi connectivity index (χ3n) is 5.27. The highest BCUT2D eigenvalue weighted by Gasteiger charge is 2.38. The number of ether oxygens (including phenoxy) is 1. The number of nitrogens with zero attached hydrogens (tertiary/aromatic N) is 2. The predicted octanol–water partition coefficient (Wildman–Crippen LogP) is 2.09. The number of aliphatic hydroxyl groups excluding tert-OH is 1. The Balaban J connectivity index is 2.57. The molecule has 0 radical (unpaired) electrons. The van der Waals surface area contributed by atoms with Gasteiger partial charge in [-0.3, -0.25) is 4.79 Å². The van der Waals surface area contributed by atoms with E-state index in [-0.39, 0.29) is 35.6 Å². The zero-order valence-corrected chi connectivity index (χ0v) is 19.2. The van der Waals surface area contributed by atoms with Gasteiger partial charge < -0.3 is 14.7 Å². The van der Waals surface area contributed by atoms with Gasteiger partial charge in [0.1, 0.15) is 16.7 Å². The maximum atomic E-state index is 13.4. The number of hydrogen-bond donors (Lipinski definition) is 1. The van der Waals surface area contributed by atoms with Gasteiger partial charge in [0.2, 0.25) is 15.9 Å². The Morgan fingerprint density at radius 1 is 1.43 bits per heavy atom. The van der Waals surface area contributed by atoms with Crippen LogP contribution in [0.25, 0.3) is 0 Å². The fraction of sp³-hybridized carbons (Fsp3) is 0.591. The maximum absolute atomic E-state index is 13.4. The Morgan fingerprint density at radius 2 is 2.13 bits per heavy atom. The number of carbonyl (C=O) groups is 1. The molecule has 1 N–H and O–H groups in total. The molecule has 0 unspecified atom stereocenters. The second-order valence-corrected chi connectivity index (χ2v) is 9.71. The van der Waals surface area contributed by atoms with Crippen molar-refractivity contribution in [3.05, 3.63) is 23.8 Å². The van der Waals surface area contributed by atoms with Gasteiger partial charge in [-0.1, -0.05) is 25.7 Å². The molecule has 8 heteroatoms. The summed E-state index contributed by atoms with van der Waals surface area (Å²) >= 11 is 0. The largest absolute Gasteiger partial charge is 0.487 e. The van der Waals surface area contributed by atoms with E-state index >= 15 is 0 Å². The highest BCUT2D eigenvalue weighted by molar-refractivity contribution is 7.89. The van der Waals surface area contributed by atoms with Crippen molar-refractivity contribution in [2.75, 3.05) is 26.7 Å². The minimum atomic E-state index is -3.88. The van der Waals surface area contributed by atoms with Crippen molar-refractivity contribution in [3.63, 3.8) is 0 Å². The van der Waals surface area contributed by atoms with Crippen LogP contribution < -0.4 is 4.74 Å². The summed E-state index contributed by atoms with van der Waals surface area (Å²) < 4.78 is 34.2. The molecule has 1 aromatic rings. The Labute approximate surface area is 180 Å². The first kappa shape index (κ1) is 24.2. The Hall–Kier alpha value is -2.08. The molecule has 0 aromatic heterocycles. The molecule has 0 fully saturated rings. The van der Waals surface area contributed by atoms with Crippen LogP contribution >= 0.6 is 0 Å². The summed E-state index contributed by atoms with van der Waals surface area (Å²) in [6.45, 7) is 7.30. The van der Waals surface area contributed by atoms with Gasteiger partial charge in [0.15, 0.2) is 0 Å². The molecule has 1 heterocycles. The molecule has 1 amide bonds. The number of sulfonamides is 1. The molecule has 0 spiro atoms. The van der Waals surface area contributed by atoms with E-state index in [1.54, 1.807) is 31.0 Å². The van der Waals surface area contributed by atoms with Gasteiger partial charge in [0.25, 0.3) is 0 Å². The lowest BCUT2D eigenvalue weighted by molar-refractivity contribution is -0.129. The molecule has 1 aromatic carbocycles. The zero-order valence-electron chi connectivity index (χ0n) is 18.4. The standard InChI is InChI=1S/C22H32N2O5S/c1-6-7-8-9-19-10-11-22-20(12-19)29-21(14-23(5)18(4)26)16(2)13-24(17(3)15-25)30(22,27)28/h10-12,16-17,21,25H,6-7,13-15H2,1-5H3/t16-,17+,21+/m0/s1. The molecule has 7 nitrogen and oxygen atoms in total. The Bertz CT molecular complexity index is 919. The second kappa shape index (κ2) is 10.3. The first-order valence-corrected chi connectivity index (χ1v) is 11.7. The van der Waals surface area contributed by atoms with Crippen LogP contribution in [0.3, 0.4) is 0 Å². The lowest BCUT2D eigenvalue weighted by atomic mass is 10.0. The molecule has 3 atom stereocenters. The fourth-order valence-corrected chi connectivity index (χ4v) is 5.04. The summed E-state index contributed by atoms with van der Waals surface area (Å²) in [7, 11) is -2.19. The van der Waals surface area contributed by atoms with Crippen LogP contribution in [0.15, 0.2) is 23.1 Å². The van der Waals surface area contributed by atoms with Crippen molar-refractivity contribution in [1.82, 2.24) is 9.21 Å². The van der Waals surface area contributed by atoms with Crippen LogP contribution in [0.1, 0.15) is 46.1 Å². The van der Waals surface area contributed by atoms with Crippen LogP contribution in [0.2, 0.25) is 0 Å². The smallest absolute Gasteiger partial charge is 0.247 e. The molecule has 0 saturated heterocycles. The number of fused-ring (bicyclic) bond motifs is 1. The summed E-state index contributed by atoms with van der Waals surface area (Å²) in [6, 6.07) is 4.25. The number of rotatable bonds is 5. The first-order valence-electron chi connectivity index (χ1n) is 10.3. The lowest BCUT2D eigenvalue weighted by Gasteiger charge is -2.37. The summed E-state index contributed by atoms with van der Waals surface area (Å²) in [4.78, 5) is 13.4. The third kappa shape index (κ3) is 5.54. The summed E-state index contributed by atoms with van der Waals surface area (Å²) in [5, 5.41) is 9.66. The number of hydrogen-bond acceptors (Lipinski definition) is 5. The number of aliphatic hydroxyl groups is 1. The Morgan fingerprint density at radius 3 is 2.73 bits per heavy atom. The highest BCUT2D eigenvalue weighted by atomic mass is 32.2. The molecule has 0 saturated carbocycles. The summed E-state index contributed by atoms with van der Waals surface area (Å²) in [6.07, 6.45) is 1.27. The van der Waals surface area contributed by atoms with E-state index in [4.69, 9.17) is 4.74 Å². The fourth-order valence-electron chi connectivity index (χ4n) is 3.21. The number of amides is 1. The van der Waals surface area contributed by atoms with E-state index in [1.807, 2.05) is 13.8 Å². The summed E-state index contributed by atoms with van der Waals surface area (Å²) in [5.41, 5.74) is 0.672. The van der Waals surface area contributed by atoms with Gasteiger partial charge in [-0.05, 0) is 31.5 Å². The normalized spacial score (nSPS) is 21.8. The second-order valence-electron chi connectivity index (χ2n) is 7.85. The molecule has 0 bridgehead atoms. The van der Waals surface area contributed by atoms with E-state index in [1.165, 1.54) is 17.3 Å². The number of benzene rings is 1. The van der Waals surface area contributed by atoms with Crippen LogP contribution in [0.4, 0.5) is 0 Å². The van der Waals surface area contributed by atoms with Crippen LogP contribution in [-0.4, -0.2) is 67.5 Å². The lowest BCUT2D eigenvalue weighted by Crippen LogP contribution is -2.50. The number of unbranched alkanes of at least 4 members (excludes halogenated alkanes) is 1. The molecule has 2 rings (SSSR count). The average molecular weight is 437 g/mol. The van der Waals surface area contributed by atoms with Gasteiger partial charge in [-0.25, -0.2) is 8.42 Å². The quantitative estimate of drug-likeness (QED) is 0.714. The average Bonchev–Trinajstić information content (AvgIpc) is 2.70. The van der Waals surface area contributed by atoms with Crippen molar-refractivity contribution < 1.29 is 23.1 Å². The van der Waals surface area contributed by atoms with E-state index in [9.17, 15) is 18.3 Å². The molecule has 0 aliphatic carbocycles. The molecule has 30 heavy (non-hydrogen) atoms. The first-order chi connectivity index (χ1) is 14.1. The van der Waals surface area contributed by atoms with Crippen molar-refractivity contribution in [2.45, 2.75) is 57.6 Å². The molecular formula is C22H32N2O5S. The number of carbonyl (C=O) groups excluding carboxylic acids is 1. The van der Waals surface area contributed by atoms with Crippen LogP contribution in [0.5, 0.6) is 5.75 Å². The van der Waals surface area contributed by atoms with Gasteiger partial charge >= 0.3 is 0 Å². The Kier molecular flexibility index (Phi) is 8.30. The molecular weight excluding hydrogens is 404 g/mol. The van der Waals surface area contributed by atoms with Crippen molar-refractivity contribution in [3.8, 4) is 17.6 Å². The van der Waals surface area contributed by atoms with Crippen molar-refractivity contribution >= 4 is 15.9 Å². The van der Waals surface area contributed by atoms with E-state index in [0.717, 1.165) is 12.8 Å². The topological polar surface area (TPSA) is 87.2 Å². The van der Waals surface area contributed by atoms with Gasteiger partial charge in [-0.2, -0.15) is 4.31 Å². The van der Waals surface area contributed by atoms with Gasteiger partial charge in [0, 0.05) is 44.5 Å². The van der Waals surface area contributed by atoms with Gasteiger partial charge in [0.05, 0.1) is 13.2 Å². The molecule has 1 aliphatic heterocycles. The molecule has 1 aliphatic rings. The highest BCUT2D eigenvalue weighted by Crippen LogP contribution is 2.34. The van der Waals surface area contributed by atoms with Crippen LogP contribution in [0, 0.1) is 17.8 Å². The SMILES string of the molecule is CCCC#Cc1ccc2c(c1)O[C@H](CN(C)C(C)=O)[C@@H](C)CN([C@H](C)CO)S2(=O)=O. The molecule has 166 valence electrons. The number of likely N-dealkylation sites (N-methyl/N-ethyl adjacent to an activating group) is 1. The van der Waals surface area contributed by atoms with E-state index in [0.29, 0.717) is 12.1 Å². The zero-order chi connectivity index (χ0) is 22.5. The predicted molar refractivity (Wildman–Crippen MR) is 116 cm³/mol. The van der Waals surface area contributed by atoms with Crippen molar-refractivity contribution in [2.24, 2.45) is 5.92 Å². The van der Waals surface area contributed by atoms with E-state index in [2.05, 4.69) is 11.8 Å². The van der Waals surface area contributed by atoms with E-state index < -0.39 is 22.2 Å². The third-order valence-corrected chi connectivity index (χ3v) is 7.29. The van der Waals surface area contributed by atoms with Crippen LogP contribution in [-0.2, 0) is 14.8 Å². The van der Waals surface area contributed by atoms with Gasteiger partial charge in [-0.15, -0.1) is 0 Å². The summed E-state index contributed by atoms with van der Waals surface area (Å²) in [5.74, 6) is 6.02.